The first-order valence-corrected chi connectivity index (χ1v) is 9.15. The summed E-state index contributed by atoms with van der Waals surface area (Å²) in [4.78, 5) is 16.7. The number of nitrogens with zero attached hydrogens (tertiary/aromatic N) is 2. The van der Waals surface area contributed by atoms with E-state index in [2.05, 4.69) is 53.1 Å². The zero-order chi connectivity index (χ0) is 17.9. The molecule has 4 rings (SSSR count). The molecule has 1 unspecified atom stereocenters. The fourth-order valence-corrected chi connectivity index (χ4v) is 3.76. The van der Waals surface area contributed by atoms with Gasteiger partial charge in [0.15, 0.2) is 0 Å². The molecule has 1 atom stereocenters. The molecule has 1 amide bonds. The van der Waals surface area contributed by atoms with Crippen molar-refractivity contribution in [3.63, 3.8) is 0 Å². The van der Waals surface area contributed by atoms with Crippen LogP contribution in [0.5, 0.6) is 0 Å². The van der Waals surface area contributed by atoms with Crippen molar-refractivity contribution in [1.82, 2.24) is 9.55 Å². The monoisotopic (exact) mass is 345 g/mol. The minimum absolute atomic E-state index is 0.101. The number of aromatic nitrogens is 2. The topological polar surface area (TPSA) is 60.9 Å². The summed E-state index contributed by atoms with van der Waals surface area (Å²) in [5.74, 6) is 0.773. The summed E-state index contributed by atoms with van der Waals surface area (Å²) in [6.45, 7) is 0.647. The van der Waals surface area contributed by atoms with Crippen molar-refractivity contribution in [3.8, 4) is 0 Å². The third kappa shape index (κ3) is 3.40. The van der Waals surface area contributed by atoms with Crippen molar-refractivity contribution >= 4 is 5.91 Å². The van der Waals surface area contributed by atoms with Crippen LogP contribution in [-0.4, -0.2) is 15.5 Å². The lowest BCUT2D eigenvalue weighted by atomic mass is 9.98. The van der Waals surface area contributed by atoms with E-state index < -0.39 is 0 Å². The number of hydrogen-bond acceptors (Lipinski definition) is 2. The molecule has 0 saturated carbocycles. The normalized spacial score (nSPS) is 16.2. The summed E-state index contributed by atoms with van der Waals surface area (Å²) in [6, 6.07) is 20.9. The molecule has 2 heterocycles. The van der Waals surface area contributed by atoms with E-state index in [4.69, 9.17) is 10.7 Å². The second-order valence-electron chi connectivity index (χ2n) is 6.99. The number of benzene rings is 2. The largest absolute Gasteiger partial charge is 0.369 e. The lowest BCUT2D eigenvalue weighted by molar-refractivity contribution is -0.122. The minimum Gasteiger partial charge on any atom is -0.369 e. The van der Waals surface area contributed by atoms with Crippen LogP contribution in [0.1, 0.15) is 34.8 Å². The molecule has 3 aromatic rings. The Morgan fingerprint density at radius 2 is 1.62 bits per heavy atom. The first-order chi connectivity index (χ1) is 12.7. The van der Waals surface area contributed by atoms with Crippen LogP contribution in [-0.2, 0) is 30.6 Å². The molecular formula is C22H23N3O. The standard InChI is InChI=1S/C22H23N3O/c23-22(26)18-11-12-21-24-19(13-16-7-3-1-4-8-16)20(25(21)15-18)14-17-9-5-2-6-10-17/h1-10,18H,11-15H2,(H2,23,26). The van der Waals surface area contributed by atoms with Gasteiger partial charge in [0, 0.05) is 31.5 Å². The van der Waals surface area contributed by atoms with Gasteiger partial charge < -0.3 is 10.3 Å². The van der Waals surface area contributed by atoms with Crippen LogP contribution in [0.15, 0.2) is 60.7 Å². The molecule has 0 fully saturated rings. The van der Waals surface area contributed by atoms with Crippen molar-refractivity contribution in [2.24, 2.45) is 11.7 Å². The number of amides is 1. The van der Waals surface area contributed by atoms with Crippen LogP contribution in [0.3, 0.4) is 0 Å². The minimum atomic E-state index is -0.209. The van der Waals surface area contributed by atoms with Gasteiger partial charge in [-0.25, -0.2) is 4.98 Å². The van der Waals surface area contributed by atoms with E-state index in [1.165, 1.54) is 16.8 Å². The molecule has 26 heavy (non-hydrogen) atoms. The number of aryl methyl sites for hydroxylation is 1. The molecule has 0 saturated heterocycles. The van der Waals surface area contributed by atoms with E-state index >= 15 is 0 Å². The van der Waals surface area contributed by atoms with E-state index in [1.807, 2.05) is 12.1 Å². The Balaban J connectivity index is 1.72. The first kappa shape index (κ1) is 16.6. The lowest BCUT2D eigenvalue weighted by Crippen LogP contribution is -2.32. The zero-order valence-corrected chi connectivity index (χ0v) is 14.8. The average molecular weight is 345 g/mol. The van der Waals surface area contributed by atoms with Crippen molar-refractivity contribution in [3.05, 3.63) is 89.0 Å². The molecule has 2 N–H and O–H groups in total. The molecule has 132 valence electrons. The summed E-state index contributed by atoms with van der Waals surface area (Å²) < 4.78 is 2.24. The van der Waals surface area contributed by atoms with Gasteiger partial charge in [0.05, 0.1) is 11.6 Å². The number of carbonyl (C=O) groups excluding carboxylic acids is 1. The molecule has 0 aliphatic carbocycles. The Hall–Kier alpha value is -2.88. The predicted octanol–water partition coefficient (Wildman–Crippen LogP) is 3.11. The maximum absolute atomic E-state index is 11.7. The van der Waals surface area contributed by atoms with Gasteiger partial charge in [0.2, 0.25) is 5.91 Å². The van der Waals surface area contributed by atoms with Gasteiger partial charge in [-0.1, -0.05) is 60.7 Å². The number of fused-ring (bicyclic) bond motifs is 1. The molecule has 0 radical (unpaired) electrons. The van der Waals surface area contributed by atoms with Crippen molar-refractivity contribution in [1.29, 1.82) is 0 Å². The zero-order valence-electron chi connectivity index (χ0n) is 14.8. The van der Waals surface area contributed by atoms with E-state index in [-0.39, 0.29) is 11.8 Å². The van der Waals surface area contributed by atoms with E-state index in [0.29, 0.717) is 6.54 Å². The summed E-state index contributed by atoms with van der Waals surface area (Å²) >= 11 is 0. The number of hydrogen-bond donors (Lipinski definition) is 1. The van der Waals surface area contributed by atoms with E-state index in [1.54, 1.807) is 0 Å². The Morgan fingerprint density at radius 1 is 1.00 bits per heavy atom. The highest BCUT2D eigenvalue weighted by Gasteiger charge is 2.27. The van der Waals surface area contributed by atoms with Gasteiger partial charge >= 0.3 is 0 Å². The van der Waals surface area contributed by atoms with Gasteiger partial charge in [0.25, 0.3) is 0 Å². The van der Waals surface area contributed by atoms with Crippen molar-refractivity contribution in [2.75, 3.05) is 0 Å². The number of carbonyl (C=O) groups is 1. The Morgan fingerprint density at radius 3 is 2.23 bits per heavy atom. The van der Waals surface area contributed by atoms with E-state index in [9.17, 15) is 4.79 Å². The average Bonchev–Trinajstić information content (AvgIpc) is 3.00. The summed E-state index contributed by atoms with van der Waals surface area (Å²) in [5, 5.41) is 0. The molecule has 2 aromatic carbocycles. The number of rotatable bonds is 5. The molecule has 1 aliphatic heterocycles. The van der Waals surface area contributed by atoms with Crippen molar-refractivity contribution < 1.29 is 4.79 Å². The summed E-state index contributed by atoms with van der Waals surface area (Å²) in [5.41, 5.74) is 10.4. The van der Waals surface area contributed by atoms with Gasteiger partial charge in [-0.15, -0.1) is 0 Å². The molecule has 4 heteroatoms. The second kappa shape index (κ2) is 7.16. The molecule has 0 spiro atoms. The Kier molecular flexibility index (Phi) is 4.57. The fraction of sp³-hybridized carbons (Fsp3) is 0.273. The van der Waals surface area contributed by atoms with Crippen LogP contribution in [0.25, 0.3) is 0 Å². The first-order valence-electron chi connectivity index (χ1n) is 9.15. The highest BCUT2D eigenvalue weighted by Crippen LogP contribution is 2.26. The number of nitrogens with two attached hydrogens (primary N) is 1. The van der Waals surface area contributed by atoms with Crippen LogP contribution < -0.4 is 5.73 Å². The van der Waals surface area contributed by atoms with Gasteiger partial charge in [0.1, 0.15) is 5.82 Å². The van der Waals surface area contributed by atoms with Crippen molar-refractivity contribution in [2.45, 2.75) is 32.2 Å². The molecule has 4 nitrogen and oxygen atoms in total. The molecule has 0 bridgehead atoms. The maximum Gasteiger partial charge on any atom is 0.222 e. The lowest BCUT2D eigenvalue weighted by Gasteiger charge is -2.23. The number of imidazole rings is 1. The van der Waals surface area contributed by atoms with Gasteiger partial charge in [-0.3, -0.25) is 4.79 Å². The van der Waals surface area contributed by atoms with Crippen LogP contribution in [0.2, 0.25) is 0 Å². The third-order valence-corrected chi connectivity index (χ3v) is 5.19. The van der Waals surface area contributed by atoms with Gasteiger partial charge in [-0.05, 0) is 17.5 Å². The Labute approximate surface area is 153 Å². The Bertz CT molecular complexity index is 900. The molecular weight excluding hydrogens is 322 g/mol. The highest BCUT2D eigenvalue weighted by atomic mass is 16.1. The smallest absolute Gasteiger partial charge is 0.222 e. The number of primary amides is 1. The van der Waals surface area contributed by atoms with Crippen LogP contribution in [0.4, 0.5) is 0 Å². The maximum atomic E-state index is 11.7. The van der Waals surface area contributed by atoms with Crippen LogP contribution >= 0.6 is 0 Å². The van der Waals surface area contributed by atoms with E-state index in [0.717, 1.165) is 37.2 Å². The molecule has 1 aliphatic rings. The summed E-state index contributed by atoms with van der Waals surface area (Å²) in [7, 11) is 0. The van der Waals surface area contributed by atoms with Crippen LogP contribution in [0, 0.1) is 5.92 Å². The predicted molar refractivity (Wildman–Crippen MR) is 102 cm³/mol. The SMILES string of the molecule is NC(=O)C1CCc2nc(Cc3ccccc3)c(Cc3ccccc3)n2C1. The molecule has 1 aromatic heterocycles. The fourth-order valence-electron chi connectivity index (χ4n) is 3.76. The second-order valence-corrected chi connectivity index (χ2v) is 6.99. The highest BCUT2D eigenvalue weighted by molar-refractivity contribution is 5.76. The quantitative estimate of drug-likeness (QED) is 0.772. The summed E-state index contributed by atoms with van der Waals surface area (Å²) in [6.07, 6.45) is 3.23. The van der Waals surface area contributed by atoms with Gasteiger partial charge in [-0.2, -0.15) is 0 Å². The third-order valence-electron chi connectivity index (χ3n) is 5.19.